The lowest BCUT2D eigenvalue weighted by atomic mass is 9.84. The van der Waals surface area contributed by atoms with E-state index in [1.807, 2.05) is 0 Å². The maximum Gasteiger partial charge on any atom is 0.296 e. The van der Waals surface area contributed by atoms with Crippen molar-refractivity contribution in [3.05, 3.63) is 22.2 Å². The minimum Gasteiger partial charge on any atom is -0.454 e. The predicted molar refractivity (Wildman–Crippen MR) is 77.6 cm³/mol. The van der Waals surface area contributed by atoms with Gasteiger partial charge in [-0.05, 0) is 25.3 Å². The van der Waals surface area contributed by atoms with E-state index in [-0.39, 0.29) is 18.5 Å². The van der Waals surface area contributed by atoms with Crippen molar-refractivity contribution in [2.75, 3.05) is 18.7 Å². The molecule has 1 saturated carbocycles. The van der Waals surface area contributed by atoms with Crippen molar-refractivity contribution in [1.82, 2.24) is 0 Å². The number of benzene rings is 1. The molecule has 2 atom stereocenters. The second kappa shape index (κ2) is 5.77. The third-order valence-electron chi connectivity index (χ3n) is 4.24. The van der Waals surface area contributed by atoms with Gasteiger partial charge in [-0.25, -0.2) is 0 Å². The van der Waals surface area contributed by atoms with E-state index < -0.39 is 4.92 Å². The van der Waals surface area contributed by atoms with Gasteiger partial charge in [-0.1, -0.05) is 12.8 Å². The van der Waals surface area contributed by atoms with Crippen LogP contribution in [0, 0.1) is 16.0 Å². The van der Waals surface area contributed by atoms with Gasteiger partial charge in [0.25, 0.3) is 5.69 Å². The summed E-state index contributed by atoms with van der Waals surface area (Å²) in [6.07, 6.45) is 4.33. The van der Waals surface area contributed by atoms with Crippen molar-refractivity contribution >= 4 is 11.4 Å². The molecule has 2 aliphatic rings. The molecular weight excluding hydrogens is 274 g/mol. The van der Waals surface area contributed by atoms with E-state index in [0.717, 1.165) is 19.3 Å². The number of fused-ring (bicyclic) bond motifs is 1. The van der Waals surface area contributed by atoms with Gasteiger partial charge in [0.1, 0.15) is 5.69 Å². The Kier molecular flexibility index (Phi) is 3.83. The number of nitro groups is 1. The van der Waals surface area contributed by atoms with Gasteiger partial charge in [0.15, 0.2) is 11.5 Å². The van der Waals surface area contributed by atoms with Crippen molar-refractivity contribution < 1.29 is 14.4 Å². The Bertz CT molecular complexity index is 549. The third kappa shape index (κ3) is 2.73. The number of nitrogens with two attached hydrogens (primary N) is 1. The molecule has 0 amide bonds. The van der Waals surface area contributed by atoms with Crippen LogP contribution in [-0.4, -0.2) is 24.3 Å². The van der Waals surface area contributed by atoms with Crippen LogP contribution in [0.2, 0.25) is 0 Å². The Labute approximate surface area is 122 Å². The van der Waals surface area contributed by atoms with Crippen LogP contribution in [0.3, 0.4) is 0 Å². The standard InChI is InChI=1S/C14H19N3O4/c15-7-9-3-1-2-4-10(9)16-11-5-13-14(21-8-20-13)6-12(11)17(18)19/h5-6,9-10,16H,1-4,7-8,15H2. The quantitative estimate of drug-likeness (QED) is 0.652. The summed E-state index contributed by atoms with van der Waals surface area (Å²) >= 11 is 0. The molecule has 0 radical (unpaired) electrons. The molecule has 21 heavy (non-hydrogen) atoms. The van der Waals surface area contributed by atoms with E-state index in [1.54, 1.807) is 6.07 Å². The number of ether oxygens (including phenoxy) is 2. The normalized spacial score (nSPS) is 23.9. The number of rotatable bonds is 4. The zero-order valence-corrected chi connectivity index (χ0v) is 11.7. The smallest absolute Gasteiger partial charge is 0.296 e. The van der Waals surface area contributed by atoms with Crippen molar-refractivity contribution in [1.29, 1.82) is 0 Å². The lowest BCUT2D eigenvalue weighted by Crippen LogP contribution is -2.36. The summed E-state index contributed by atoms with van der Waals surface area (Å²) in [6.45, 7) is 0.695. The summed E-state index contributed by atoms with van der Waals surface area (Å²) < 4.78 is 10.5. The molecular formula is C14H19N3O4. The highest BCUT2D eigenvalue weighted by atomic mass is 16.7. The third-order valence-corrected chi connectivity index (χ3v) is 4.24. The van der Waals surface area contributed by atoms with Gasteiger partial charge in [-0.3, -0.25) is 10.1 Å². The van der Waals surface area contributed by atoms with Crippen molar-refractivity contribution in [3.63, 3.8) is 0 Å². The molecule has 1 aliphatic carbocycles. The molecule has 1 aliphatic heterocycles. The van der Waals surface area contributed by atoms with Crippen molar-refractivity contribution in [3.8, 4) is 11.5 Å². The maximum absolute atomic E-state index is 11.3. The van der Waals surface area contributed by atoms with Crippen LogP contribution in [0.15, 0.2) is 12.1 Å². The Balaban J connectivity index is 1.88. The zero-order valence-electron chi connectivity index (χ0n) is 11.7. The molecule has 1 aromatic rings. The lowest BCUT2D eigenvalue weighted by Gasteiger charge is -2.31. The highest BCUT2D eigenvalue weighted by molar-refractivity contribution is 5.69. The van der Waals surface area contributed by atoms with Crippen LogP contribution in [0.1, 0.15) is 25.7 Å². The first-order chi connectivity index (χ1) is 10.2. The summed E-state index contributed by atoms with van der Waals surface area (Å²) in [6, 6.07) is 3.25. The fourth-order valence-corrected chi connectivity index (χ4v) is 3.08. The molecule has 114 valence electrons. The summed E-state index contributed by atoms with van der Waals surface area (Å²) in [5.41, 5.74) is 6.31. The predicted octanol–water partition coefficient (Wildman–Crippen LogP) is 2.25. The van der Waals surface area contributed by atoms with E-state index in [9.17, 15) is 10.1 Å². The van der Waals surface area contributed by atoms with Crippen molar-refractivity contribution in [2.24, 2.45) is 11.7 Å². The largest absolute Gasteiger partial charge is 0.454 e. The highest BCUT2D eigenvalue weighted by Gasteiger charge is 2.28. The number of nitrogens with zero attached hydrogens (tertiary/aromatic N) is 1. The fourth-order valence-electron chi connectivity index (χ4n) is 3.08. The van der Waals surface area contributed by atoms with E-state index >= 15 is 0 Å². The number of hydrogen-bond donors (Lipinski definition) is 2. The summed E-state index contributed by atoms with van der Waals surface area (Å²) in [7, 11) is 0. The molecule has 3 N–H and O–H groups in total. The molecule has 0 saturated heterocycles. The molecule has 2 unspecified atom stereocenters. The lowest BCUT2D eigenvalue weighted by molar-refractivity contribution is -0.384. The first-order valence-corrected chi connectivity index (χ1v) is 7.23. The molecule has 1 fully saturated rings. The number of anilines is 1. The van der Waals surface area contributed by atoms with Crippen LogP contribution >= 0.6 is 0 Å². The maximum atomic E-state index is 11.3. The molecule has 0 bridgehead atoms. The first-order valence-electron chi connectivity index (χ1n) is 7.23. The molecule has 0 aromatic heterocycles. The monoisotopic (exact) mass is 293 g/mol. The van der Waals surface area contributed by atoms with Crippen LogP contribution < -0.4 is 20.5 Å². The average Bonchev–Trinajstić information content (AvgIpc) is 2.94. The van der Waals surface area contributed by atoms with Crippen LogP contribution in [0.25, 0.3) is 0 Å². The zero-order chi connectivity index (χ0) is 14.8. The van der Waals surface area contributed by atoms with Gasteiger partial charge in [0, 0.05) is 12.1 Å². The molecule has 1 aromatic carbocycles. The van der Waals surface area contributed by atoms with E-state index in [4.69, 9.17) is 15.2 Å². The highest BCUT2D eigenvalue weighted by Crippen LogP contribution is 2.41. The molecule has 0 spiro atoms. The van der Waals surface area contributed by atoms with Gasteiger partial charge in [-0.2, -0.15) is 0 Å². The van der Waals surface area contributed by atoms with Crippen LogP contribution in [-0.2, 0) is 0 Å². The molecule has 7 nitrogen and oxygen atoms in total. The van der Waals surface area contributed by atoms with Gasteiger partial charge in [0.05, 0.1) is 11.0 Å². The second-order valence-electron chi connectivity index (χ2n) is 5.51. The Morgan fingerprint density at radius 2 is 2.00 bits per heavy atom. The average molecular weight is 293 g/mol. The van der Waals surface area contributed by atoms with Crippen LogP contribution in [0.5, 0.6) is 11.5 Å². The van der Waals surface area contributed by atoms with Gasteiger partial charge in [0.2, 0.25) is 6.79 Å². The number of hydrogen-bond acceptors (Lipinski definition) is 6. The van der Waals surface area contributed by atoms with E-state index in [0.29, 0.717) is 29.6 Å². The Morgan fingerprint density at radius 3 is 2.71 bits per heavy atom. The minimum absolute atomic E-state index is 0.0144. The fraction of sp³-hybridized carbons (Fsp3) is 0.571. The van der Waals surface area contributed by atoms with Crippen molar-refractivity contribution in [2.45, 2.75) is 31.7 Å². The summed E-state index contributed by atoms with van der Waals surface area (Å²) in [5.74, 6) is 1.32. The SMILES string of the molecule is NCC1CCCCC1Nc1cc2c(cc1[N+](=O)[O-])OCO2. The topological polar surface area (TPSA) is 99.7 Å². The molecule has 3 rings (SSSR count). The molecule has 1 heterocycles. The Morgan fingerprint density at radius 1 is 1.29 bits per heavy atom. The molecule has 7 heteroatoms. The van der Waals surface area contributed by atoms with Gasteiger partial charge >= 0.3 is 0 Å². The number of nitro benzene ring substituents is 1. The van der Waals surface area contributed by atoms with E-state index in [2.05, 4.69) is 5.32 Å². The van der Waals surface area contributed by atoms with E-state index in [1.165, 1.54) is 12.5 Å². The second-order valence-corrected chi connectivity index (χ2v) is 5.51. The van der Waals surface area contributed by atoms with Crippen LogP contribution in [0.4, 0.5) is 11.4 Å². The minimum atomic E-state index is -0.398. The first kappa shape index (κ1) is 13.9. The summed E-state index contributed by atoms with van der Waals surface area (Å²) in [4.78, 5) is 10.9. The Hall–Kier alpha value is -2.02. The number of nitrogens with one attached hydrogen (secondary N) is 1. The van der Waals surface area contributed by atoms with Gasteiger partial charge in [-0.15, -0.1) is 0 Å². The van der Waals surface area contributed by atoms with Gasteiger partial charge < -0.3 is 20.5 Å². The summed E-state index contributed by atoms with van der Waals surface area (Å²) in [5, 5.41) is 14.6.